The number of anilines is 1. The molecule has 0 saturated heterocycles. The number of ether oxygens (including phenoxy) is 1. The van der Waals surface area contributed by atoms with Crippen LogP contribution in [0.4, 0.5) is 5.00 Å². The van der Waals surface area contributed by atoms with Crippen molar-refractivity contribution in [2.24, 2.45) is 23.2 Å². The summed E-state index contributed by atoms with van der Waals surface area (Å²) in [5, 5.41) is 13.3. The Hall–Kier alpha value is -2.15. The fraction of sp³-hybridized carbons (Fsp3) is 0.571. The lowest BCUT2D eigenvalue weighted by Gasteiger charge is -2.33. The third kappa shape index (κ3) is 2.79. The summed E-state index contributed by atoms with van der Waals surface area (Å²) in [5.41, 5.74) is 0.328. The highest BCUT2D eigenvalue weighted by Crippen LogP contribution is 2.56. The Labute approximate surface area is 168 Å². The molecule has 1 aromatic rings. The van der Waals surface area contributed by atoms with E-state index in [1.54, 1.807) is 13.8 Å². The number of nitrogens with one attached hydrogen (secondary N) is 1. The second kappa shape index (κ2) is 7.03. The highest BCUT2D eigenvalue weighted by Gasteiger charge is 2.60. The monoisotopic (exact) mass is 403 g/mol. The van der Waals surface area contributed by atoms with Gasteiger partial charge in [-0.3, -0.25) is 9.59 Å². The molecule has 1 aromatic heterocycles. The summed E-state index contributed by atoms with van der Waals surface area (Å²) in [6.45, 7) is 3.69. The minimum atomic E-state index is -1.12. The molecule has 0 aromatic carbocycles. The predicted octanol–water partition coefficient (Wildman–Crippen LogP) is 3.66. The van der Waals surface area contributed by atoms with Gasteiger partial charge in [-0.1, -0.05) is 12.2 Å². The summed E-state index contributed by atoms with van der Waals surface area (Å²) in [7, 11) is 0. The Morgan fingerprint density at radius 2 is 2.04 bits per heavy atom. The zero-order valence-electron chi connectivity index (χ0n) is 16.1. The first kappa shape index (κ1) is 19.2. The predicted molar refractivity (Wildman–Crippen MR) is 106 cm³/mol. The molecule has 0 unspecified atom stereocenters. The molecule has 4 atom stereocenters. The van der Waals surface area contributed by atoms with Crippen LogP contribution in [0.25, 0.3) is 0 Å². The number of carboxylic acid groups (broad SMARTS) is 1. The van der Waals surface area contributed by atoms with Crippen LogP contribution in [-0.4, -0.2) is 29.6 Å². The minimum Gasteiger partial charge on any atom is -0.481 e. The van der Waals surface area contributed by atoms with Gasteiger partial charge in [0.25, 0.3) is 0 Å². The third-order valence-electron chi connectivity index (χ3n) is 6.59. The minimum absolute atomic E-state index is 0.0771. The molecule has 3 aliphatic carbocycles. The molecule has 0 radical (unpaired) electrons. The number of fused-ring (bicyclic) bond motifs is 3. The molecule has 4 rings (SSSR count). The molecule has 150 valence electrons. The van der Waals surface area contributed by atoms with Crippen LogP contribution in [0.1, 0.15) is 53.9 Å². The maximum atomic E-state index is 13.2. The van der Waals surface area contributed by atoms with Crippen LogP contribution >= 0.6 is 11.3 Å². The van der Waals surface area contributed by atoms with Gasteiger partial charge in [-0.05, 0) is 63.4 Å². The summed E-state index contributed by atoms with van der Waals surface area (Å²) < 4.78 is 5.24. The summed E-state index contributed by atoms with van der Waals surface area (Å²) in [6.07, 6.45) is 8.36. The van der Waals surface area contributed by atoms with Crippen molar-refractivity contribution in [3.63, 3.8) is 0 Å². The Morgan fingerprint density at radius 3 is 2.75 bits per heavy atom. The number of aryl methyl sites for hydroxylation is 1. The fourth-order valence-corrected chi connectivity index (χ4v) is 6.40. The van der Waals surface area contributed by atoms with Gasteiger partial charge >= 0.3 is 11.9 Å². The van der Waals surface area contributed by atoms with Crippen LogP contribution in [0.15, 0.2) is 12.2 Å². The van der Waals surface area contributed by atoms with Crippen LogP contribution in [0, 0.1) is 23.2 Å². The van der Waals surface area contributed by atoms with Gasteiger partial charge in [-0.25, -0.2) is 4.79 Å². The standard InChI is InChI=1S/C21H25NO5S/c1-3-27-19(24)15-13-6-4-5-7-14(13)28-18(15)22-17(23)16-11-8-9-12(10-11)21(16,2)20(25)26/h8-9,11-12,16H,3-7,10H2,1-2H3,(H,22,23)(H,25,26)/t11-,12+,16-,21+/m1/s1. The second-order valence-corrected chi connectivity index (χ2v) is 9.19. The number of carbonyl (C=O) groups is 3. The van der Waals surface area contributed by atoms with Crippen molar-refractivity contribution in [3.05, 3.63) is 28.2 Å². The first-order valence-corrected chi connectivity index (χ1v) is 10.7. The van der Waals surface area contributed by atoms with E-state index in [4.69, 9.17) is 4.74 Å². The number of esters is 1. The zero-order chi connectivity index (χ0) is 20.1. The lowest BCUT2D eigenvalue weighted by molar-refractivity contribution is -0.155. The van der Waals surface area contributed by atoms with Gasteiger partial charge in [0.15, 0.2) is 0 Å². The van der Waals surface area contributed by atoms with Gasteiger partial charge in [0.05, 0.1) is 23.5 Å². The molecule has 0 aliphatic heterocycles. The molecule has 3 aliphatic rings. The number of hydrogen-bond acceptors (Lipinski definition) is 5. The molecule has 1 heterocycles. The Morgan fingerprint density at radius 1 is 1.29 bits per heavy atom. The molecule has 7 heteroatoms. The highest BCUT2D eigenvalue weighted by molar-refractivity contribution is 7.17. The number of thiophene rings is 1. The zero-order valence-corrected chi connectivity index (χ0v) is 16.9. The average Bonchev–Trinajstić information content (AvgIpc) is 3.33. The van der Waals surface area contributed by atoms with E-state index in [1.807, 2.05) is 12.2 Å². The molecule has 1 amide bonds. The fourth-order valence-electron chi connectivity index (χ4n) is 5.12. The SMILES string of the molecule is CCOC(=O)c1c(NC(=O)[C@H]2[C@@H]3C=C[C@@H](C3)[C@]2(C)C(=O)O)sc2c1CCCC2. The summed E-state index contributed by atoms with van der Waals surface area (Å²) >= 11 is 1.43. The molecule has 2 N–H and O–H groups in total. The first-order valence-electron chi connectivity index (χ1n) is 9.92. The van der Waals surface area contributed by atoms with Crippen LogP contribution in [-0.2, 0) is 27.2 Å². The van der Waals surface area contributed by atoms with E-state index in [1.165, 1.54) is 11.3 Å². The van der Waals surface area contributed by atoms with E-state index in [0.717, 1.165) is 36.1 Å². The van der Waals surface area contributed by atoms with Crippen molar-refractivity contribution in [1.29, 1.82) is 0 Å². The van der Waals surface area contributed by atoms with E-state index in [0.29, 0.717) is 17.0 Å². The van der Waals surface area contributed by atoms with Crippen molar-refractivity contribution in [1.82, 2.24) is 0 Å². The Kier molecular flexibility index (Phi) is 4.81. The van der Waals surface area contributed by atoms with E-state index in [9.17, 15) is 19.5 Å². The molecule has 28 heavy (non-hydrogen) atoms. The number of allylic oxidation sites excluding steroid dienone is 2. The topological polar surface area (TPSA) is 92.7 Å². The Balaban J connectivity index is 1.67. The van der Waals surface area contributed by atoms with Crippen molar-refractivity contribution in [2.45, 2.75) is 46.0 Å². The van der Waals surface area contributed by atoms with Crippen molar-refractivity contribution < 1.29 is 24.2 Å². The molecule has 1 fully saturated rings. The number of amides is 1. The van der Waals surface area contributed by atoms with Crippen molar-refractivity contribution >= 4 is 34.2 Å². The molecule has 6 nitrogen and oxygen atoms in total. The van der Waals surface area contributed by atoms with Crippen LogP contribution in [0.5, 0.6) is 0 Å². The van der Waals surface area contributed by atoms with E-state index in [-0.39, 0.29) is 24.3 Å². The van der Waals surface area contributed by atoms with Gasteiger partial charge in [0, 0.05) is 4.88 Å². The van der Waals surface area contributed by atoms with Gasteiger partial charge < -0.3 is 15.2 Å². The maximum Gasteiger partial charge on any atom is 0.341 e. The number of carboxylic acids is 1. The third-order valence-corrected chi connectivity index (χ3v) is 7.80. The van der Waals surface area contributed by atoms with Crippen molar-refractivity contribution in [3.8, 4) is 0 Å². The lowest BCUT2D eigenvalue weighted by Crippen LogP contribution is -2.45. The number of aliphatic carboxylic acids is 1. The van der Waals surface area contributed by atoms with Gasteiger partial charge in [0.1, 0.15) is 5.00 Å². The summed E-state index contributed by atoms with van der Waals surface area (Å²) in [4.78, 5) is 38.9. The summed E-state index contributed by atoms with van der Waals surface area (Å²) in [6, 6.07) is 0. The normalized spacial score (nSPS) is 30.1. The largest absolute Gasteiger partial charge is 0.481 e. The highest BCUT2D eigenvalue weighted by atomic mass is 32.1. The number of carbonyl (C=O) groups excluding carboxylic acids is 2. The summed E-state index contributed by atoms with van der Waals surface area (Å²) in [5.74, 6) is -2.52. The maximum absolute atomic E-state index is 13.2. The Bertz CT molecular complexity index is 872. The number of rotatable bonds is 5. The van der Waals surface area contributed by atoms with E-state index < -0.39 is 23.3 Å². The van der Waals surface area contributed by atoms with Crippen LogP contribution < -0.4 is 5.32 Å². The first-order chi connectivity index (χ1) is 13.4. The number of hydrogen-bond donors (Lipinski definition) is 2. The molecular formula is C21H25NO5S. The lowest BCUT2D eigenvalue weighted by atomic mass is 9.69. The molecule has 1 saturated carbocycles. The van der Waals surface area contributed by atoms with Crippen LogP contribution in [0.3, 0.4) is 0 Å². The molecular weight excluding hydrogens is 378 g/mol. The van der Waals surface area contributed by atoms with Crippen LogP contribution in [0.2, 0.25) is 0 Å². The van der Waals surface area contributed by atoms with Gasteiger partial charge in [-0.15, -0.1) is 11.3 Å². The van der Waals surface area contributed by atoms with Gasteiger partial charge in [0.2, 0.25) is 5.91 Å². The van der Waals surface area contributed by atoms with Crippen molar-refractivity contribution in [2.75, 3.05) is 11.9 Å². The molecule has 0 spiro atoms. The molecule has 2 bridgehead atoms. The van der Waals surface area contributed by atoms with E-state index >= 15 is 0 Å². The smallest absolute Gasteiger partial charge is 0.341 e. The average molecular weight is 404 g/mol. The van der Waals surface area contributed by atoms with E-state index in [2.05, 4.69) is 5.32 Å². The second-order valence-electron chi connectivity index (χ2n) is 8.08. The van der Waals surface area contributed by atoms with Gasteiger partial charge in [-0.2, -0.15) is 0 Å². The quantitative estimate of drug-likeness (QED) is 0.578.